The van der Waals surface area contributed by atoms with Crippen LogP contribution in [0.5, 0.6) is 0 Å². The molecule has 0 spiro atoms. The fraction of sp³-hybridized carbons (Fsp3) is 0.167. The third kappa shape index (κ3) is 0.586. The van der Waals surface area contributed by atoms with Gasteiger partial charge in [-0.2, -0.15) is 15.3 Å². The molecular weight excluding hydrogens is 128 g/mol. The van der Waals surface area contributed by atoms with Crippen molar-refractivity contribution in [3.63, 3.8) is 0 Å². The molecule has 2 aromatic heterocycles. The van der Waals surface area contributed by atoms with E-state index in [1.54, 1.807) is 23.3 Å². The van der Waals surface area contributed by atoms with Gasteiger partial charge in [0.15, 0.2) is 0 Å². The molecule has 4 nitrogen and oxygen atoms in total. The summed E-state index contributed by atoms with van der Waals surface area (Å²) in [5.41, 5.74) is 1.01. The van der Waals surface area contributed by atoms with Gasteiger partial charge in [-0.05, 0) is 0 Å². The lowest BCUT2D eigenvalue weighted by Crippen LogP contribution is -1.89. The van der Waals surface area contributed by atoms with Crippen LogP contribution in [0.25, 0.3) is 10.9 Å². The molecular formula is C6H6N4. The molecule has 2 aromatic rings. The van der Waals surface area contributed by atoms with Gasteiger partial charge in [0.2, 0.25) is 0 Å². The molecule has 2 heterocycles. The highest BCUT2D eigenvalue weighted by Crippen LogP contribution is 2.06. The van der Waals surface area contributed by atoms with Crippen molar-refractivity contribution in [2.45, 2.75) is 0 Å². The SMILES string of the molecule is Cn1ncc2cnncc21. The van der Waals surface area contributed by atoms with Gasteiger partial charge in [-0.25, -0.2) is 0 Å². The van der Waals surface area contributed by atoms with Crippen molar-refractivity contribution < 1.29 is 0 Å². The van der Waals surface area contributed by atoms with Crippen molar-refractivity contribution in [1.82, 2.24) is 20.0 Å². The second-order valence-electron chi connectivity index (χ2n) is 2.10. The molecule has 0 radical (unpaired) electrons. The van der Waals surface area contributed by atoms with Crippen LogP contribution >= 0.6 is 0 Å². The third-order valence-corrected chi connectivity index (χ3v) is 1.46. The lowest BCUT2D eigenvalue weighted by molar-refractivity contribution is 0.794. The van der Waals surface area contributed by atoms with E-state index < -0.39 is 0 Å². The highest BCUT2D eigenvalue weighted by atomic mass is 15.3. The average Bonchev–Trinajstić information content (AvgIpc) is 2.34. The van der Waals surface area contributed by atoms with Crippen LogP contribution in [0.4, 0.5) is 0 Å². The van der Waals surface area contributed by atoms with Gasteiger partial charge in [0.25, 0.3) is 0 Å². The van der Waals surface area contributed by atoms with Gasteiger partial charge in [-0.1, -0.05) is 0 Å². The van der Waals surface area contributed by atoms with E-state index in [1.165, 1.54) is 0 Å². The van der Waals surface area contributed by atoms with Crippen molar-refractivity contribution in [2.24, 2.45) is 7.05 Å². The minimum atomic E-state index is 1.01. The molecule has 0 aliphatic heterocycles. The van der Waals surface area contributed by atoms with E-state index in [4.69, 9.17) is 0 Å². The summed E-state index contributed by atoms with van der Waals surface area (Å²) in [6, 6.07) is 0. The first kappa shape index (κ1) is 5.34. The van der Waals surface area contributed by atoms with Crippen molar-refractivity contribution >= 4 is 10.9 Å². The summed E-state index contributed by atoms with van der Waals surface area (Å²) in [7, 11) is 1.88. The maximum atomic E-state index is 4.03. The Kier molecular flexibility index (Phi) is 0.943. The van der Waals surface area contributed by atoms with E-state index in [9.17, 15) is 0 Å². The lowest BCUT2D eigenvalue weighted by Gasteiger charge is -1.88. The summed E-state index contributed by atoms with van der Waals surface area (Å²) in [6.07, 6.45) is 5.16. The molecule has 10 heavy (non-hydrogen) atoms. The van der Waals surface area contributed by atoms with Gasteiger partial charge >= 0.3 is 0 Å². The summed E-state index contributed by atoms with van der Waals surface area (Å²) in [5, 5.41) is 12.5. The van der Waals surface area contributed by atoms with E-state index in [0.717, 1.165) is 10.9 Å². The van der Waals surface area contributed by atoms with Crippen molar-refractivity contribution in [3.05, 3.63) is 18.6 Å². The van der Waals surface area contributed by atoms with Crippen LogP contribution in [0.1, 0.15) is 0 Å². The van der Waals surface area contributed by atoms with Crippen LogP contribution in [0.3, 0.4) is 0 Å². The molecule has 0 atom stereocenters. The van der Waals surface area contributed by atoms with Crippen LogP contribution < -0.4 is 0 Å². The van der Waals surface area contributed by atoms with E-state index in [1.807, 2.05) is 7.05 Å². The molecule has 0 unspecified atom stereocenters. The molecule has 0 saturated heterocycles. The lowest BCUT2D eigenvalue weighted by atomic mass is 10.4. The quantitative estimate of drug-likeness (QED) is 0.522. The number of aromatic nitrogens is 4. The van der Waals surface area contributed by atoms with Gasteiger partial charge in [0, 0.05) is 12.4 Å². The minimum Gasteiger partial charge on any atom is -0.266 e. The van der Waals surface area contributed by atoms with Crippen molar-refractivity contribution in [1.29, 1.82) is 0 Å². The van der Waals surface area contributed by atoms with Gasteiger partial charge in [-0.3, -0.25) is 4.68 Å². The molecule has 0 aromatic carbocycles. The molecule has 0 aliphatic rings. The van der Waals surface area contributed by atoms with Gasteiger partial charge < -0.3 is 0 Å². The summed E-state index contributed by atoms with van der Waals surface area (Å²) in [6.45, 7) is 0. The maximum Gasteiger partial charge on any atom is 0.0896 e. The Morgan fingerprint density at radius 2 is 2.00 bits per heavy atom. The molecule has 0 fully saturated rings. The Hall–Kier alpha value is -1.45. The Bertz CT molecular complexity index is 351. The van der Waals surface area contributed by atoms with Crippen LogP contribution in [0, 0.1) is 0 Å². The minimum absolute atomic E-state index is 1.01. The van der Waals surface area contributed by atoms with Crippen LogP contribution in [0.15, 0.2) is 18.6 Å². The summed E-state index contributed by atoms with van der Waals surface area (Å²) in [5.74, 6) is 0. The van der Waals surface area contributed by atoms with Crippen LogP contribution in [-0.4, -0.2) is 20.0 Å². The number of nitrogens with zero attached hydrogens (tertiary/aromatic N) is 4. The van der Waals surface area contributed by atoms with Crippen molar-refractivity contribution in [2.75, 3.05) is 0 Å². The smallest absolute Gasteiger partial charge is 0.0896 e. The number of hydrogen-bond acceptors (Lipinski definition) is 3. The van der Waals surface area contributed by atoms with Gasteiger partial charge in [0.05, 0.1) is 24.1 Å². The number of aryl methyl sites for hydroxylation is 1. The monoisotopic (exact) mass is 134 g/mol. The number of rotatable bonds is 0. The van der Waals surface area contributed by atoms with E-state index in [-0.39, 0.29) is 0 Å². The van der Waals surface area contributed by atoms with Crippen LogP contribution in [-0.2, 0) is 7.05 Å². The third-order valence-electron chi connectivity index (χ3n) is 1.46. The predicted molar refractivity (Wildman–Crippen MR) is 36.3 cm³/mol. The summed E-state index contributed by atoms with van der Waals surface area (Å²) in [4.78, 5) is 0. The first-order chi connectivity index (χ1) is 4.88. The molecule has 0 N–H and O–H groups in total. The topological polar surface area (TPSA) is 43.6 Å². The molecule has 0 saturated carbocycles. The van der Waals surface area contributed by atoms with Gasteiger partial charge in [-0.15, -0.1) is 0 Å². The fourth-order valence-corrected chi connectivity index (χ4v) is 0.905. The molecule has 50 valence electrons. The first-order valence-corrected chi connectivity index (χ1v) is 2.96. The zero-order valence-electron chi connectivity index (χ0n) is 5.52. The number of hydrogen-bond donors (Lipinski definition) is 0. The Morgan fingerprint density at radius 3 is 2.80 bits per heavy atom. The largest absolute Gasteiger partial charge is 0.266 e. The predicted octanol–water partition coefficient (Wildman–Crippen LogP) is 0.363. The normalized spacial score (nSPS) is 10.5. The summed E-state index contributed by atoms with van der Waals surface area (Å²) < 4.78 is 1.77. The zero-order valence-corrected chi connectivity index (χ0v) is 5.52. The van der Waals surface area contributed by atoms with E-state index >= 15 is 0 Å². The Labute approximate surface area is 57.5 Å². The van der Waals surface area contributed by atoms with Gasteiger partial charge in [0.1, 0.15) is 0 Å². The van der Waals surface area contributed by atoms with E-state index in [0.29, 0.717) is 0 Å². The number of fused-ring (bicyclic) bond motifs is 1. The van der Waals surface area contributed by atoms with Crippen LogP contribution in [0.2, 0.25) is 0 Å². The molecule has 2 rings (SSSR count). The average molecular weight is 134 g/mol. The highest BCUT2D eigenvalue weighted by Gasteiger charge is 1.95. The Balaban J connectivity index is 2.93. The molecule has 4 heteroatoms. The van der Waals surface area contributed by atoms with E-state index in [2.05, 4.69) is 15.3 Å². The fourth-order valence-electron chi connectivity index (χ4n) is 0.905. The molecule has 0 bridgehead atoms. The second-order valence-corrected chi connectivity index (χ2v) is 2.10. The molecule has 0 amide bonds. The first-order valence-electron chi connectivity index (χ1n) is 2.96. The zero-order chi connectivity index (χ0) is 6.97. The standard InChI is InChI=1S/C6H6N4/c1-10-6-4-8-7-2-5(6)3-9-10/h2-4H,1H3. The Morgan fingerprint density at radius 1 is 1.20 bits per heavy atom. The molecule has 0 aliphatic carbocycles. The highest BCUT2D eigenvalue weighted by molar-refractivity contribution is 5.75. The summed E-state index contributed by atoms with van der Waals surface area (Å²) >= 11 is 0. The van der Waals surface area contributed by atoms with Crippen molar-refractivity contribution in [3.8, 4) is 0 Å². The second kappa shape index (κ2) is 1.76. The maximum absolute atomic E-state index is 4.03.